The lowest BCUT2D eigenvalue weighted by Crippen LogP contribution is -2.50. The molecular formula is C23H23BrN2O5S. The quantitative estimate of drug-likeness (QED) is 0.482. The van der Waals surface area contributed by atoms with E-state index < -0.39 is 27.6 Å². The predicted octanol–water partition coefficient (Wildman–Crippen LogP) is 3.48. The number of hydrogen-bond donors (Lipinski definition) is 0. The third-order valence-corrected chi connectivity index (χ3v) is 8.43. The molecule has 7 nitrogen and oxygen atoms in total. The van der Waals surface area contributed by atoms with Crippen LogP contribution in [0.2, 0.25) is 0 Å². The molecule has 32 heavy (non-hydrogen) atoms. The summed E-state index contributed by atoms with van der Waals surface area (Å²) in [4.78, 5) is 25.8. The van der Waals surface area contributed by atoms with Crippen molar-refractivity contribution in [2.24, 2.45) is 0 Å². The molecule has 2 heterocycles. The summed E-state index contributed by atoms with van der Waals surface area (Å²) in [6.45, 7) is 1.97. The molecule has 9 heteroatoms. The van der Waals surface area contributed by atoms with Gasteiger partial charge < -0.3 is 4.74 Å². The molecule has 1 unspecified atom stereocenters. The standard InChI is InChI=1S/C23H23BrN2O5S/c1-3-11-25-14-19(23(28)31-2)26-20(32(25,29)30)13-17(21(24)22(26)27)12-16-9-6-8-15-7-4-5-10-18(15)16/h4-10,13,19H,3,11-12,14H2,1-2H3. The van der Waals surface area contributed by atoms with Gasteiger partial charge in [-0.15, -0.1) is 0 Å². The summed E-state index contributed by atoms with van der Waals surface area (Å²) in [5.41, 5.74) is 0.951. The van der Waals surface area contributed by atoms with Gasteiger partial charge in [-0.1, -0.05) is 49.4 Å². The molecule has 0 spiro atoms. The number of ether oxygens (including phenoxy) is 1. The van der Waals surface area contributed by atoms with Crippen molar-refractivity contribution in [3.8, 4) is 0 Å². The van der Waals surface area contributed by atoms with E-state index in [4.69, 9.17) is 4.74 Å². The molecule has 1 aliphatic heterocycles. The van der Waals surface area contributed by atoms with Gasteiger partial charge in [-0.3, -0.25) is 9.36 Å². The van der Waals surface area contributed by atoms with Gasteiger partial charge in [0.1, 0.15) is 6.04 Å². The van der Waals surface area contributed by atoms with Crippen molar-refractivity contribution in [3.63, 3.8) is 0 Å². The molecule has 0 aliphatic carbocycles. The van der Waals surface area contributed by atoms with Crippen LogP contribution in [0.25, 0.3) is 10.8 Å². The second-order valence-electron chi connectivity index (χ2n) is 7.71. The number of sulfonamides is 1. The van der Waals surface area contributed by atoms with Crippen LogP contribution in [-0.2, 0) is 26.0 Å². The zero-order valence-corrected chi connectivity index (χ0v) is 20.1. The van der Waals surface area contributed by atoms with Gasteiger partial charge in [-0.2, -0.15) is 4.31 Å². The number of halogens is 1. The molecule has 0 radical (unpaired) electrons. The highest BCUT2D eigenvalue weighted by Crippen LogP contribution is 2.31. The summed E-state index contributed by atoms with van der Waals surface area (Å²) in [5.74, 6) is -0.655. The highest BCUT2D eigenvalue weighted by molar-refractivity contribution is 9.10. The number of methoxy groups -OCH3 is 1. The Kier molecular flexibility index (Phi) is 6.24. The van der Waals surface area contributed by atoms with E-state index in [2.05, 4.69) is 15.9 Å². The zero-order valence-electron chi connectivity index (χ0n) is 17.7. The fourth-order valence-corrected chi connectivity index (χ4v) is 6.40. The first-order valence-corrected chi connectivity index (χ1v) is 12.5. The Hall–Kier alpha value is -2.49. The van der Waals surface area contributed by atoms with E-state index in [-0.39, 0.29) is 22.6 Å². The van der Waals surface area contributed by atoms with Crippen LogP contribution in [-0.4, -0.2) is 43.5 Å². The molecule has 3 aromatic rings. The Labute approximate surface area is 194 Å². The Morgan fingerprint density at radius 3 is 2.59 bits per heavy atom. The minimum Gasteiger partial charge on any atom is -0.467 e. The second-order valence-corrected chi connectivity index (χ2v) is 10.4. The lowest BCUT2D eigenvalue weighted by molar-refractivity contribution is -0.145. The molecule has 0 fully saturated rings. The number of hydrogen-bond acceptors (Lipinski definition) is 5. The third kappa shape index (κ3) is 3.78. The highest BCUT2D eigenvalue weighted by atomic mass is 79.9. The van der Waals surface area contributed by atoms with Crippen LogP contribution in [0.5, 0.6) is 0 Å². The molecule has 1 aromatic heterocycles. The van der Waals surface area contributed by atoms with Crippen molar-refractivity contribution < 1.29 is 17.9 Å². The van der Waals surface area contributed by atoms with Crippen LogP contribution in [0.4, 0.5) is 0 Å². The zero-order chi connectivity index (χ0) is 23.0. The van der Waals surface area contributed by atoms with Crippen LogP contribution in [0.1, 0.15) is 30.5 Å². The number of carbonyl (C=O) groups is 1. The van der Waals surface area contributed by atoms with E-state index in [0.717, 1.165) is 20.9 Å². The van der Waals surface area contributed by atoms with Crippen molar-refractivity contribution in [2.45, 2.75) is 30.8 Å². The Balaban J connectivity index is 1.91. The summed E-state index contributed by atoms with van der Waals surface area (Å²) in [6, 6.07) is 14.3. The number of nitrogens with zero attached hydrogens (tertiary/aromatic N) is 2. The minimum atomic E-state index is -3.95. The van der Waals surface area contributed by atoms with Crippen LogP contribution >= 0.6 is 15.9 Å². The van der Waals surface area contributed by atoms with E-state index >= 15 is 0 Å². The molecule has 0 N–H and O–H groups in total. The van der Waals surface area contributed by atoms with Crippen molar-refractivity contribution in [3.05, 3.63) is 74.5 Å². The monoisotopic (exact) mass is 518 g/mol. The van der Waals surface area contributed by atoms with Crippen LogP contribution < -0.4 is 5.56 Å². The van der Waals surface area contributed by atoms with E-state index in [1.807, 2.05) is 49.4 Å². The smallest absolute Gasteiger partial charge is 0.330 e. The largest absolute Gasteiger partial charge is 0.467 e. The molecular weight excluding hydrogens is 496 g/mol. The summed E-state index contributed by atoms with van der Waals surface area (Å²) in [6.07, 6.45) is 0.938. The predicted molar refractivity (Wildman–Crippen MR) is 125 cm³/mol. The van der Waals surface area contributed by atoms with Crippen LogP contribution in [0.3, 0.4) is 0 Å². The van der Waals surface area contributed by atoms with Gasteiger partial charge >= 0.3 is 5.97 Å². The number of carbonyl (C=O) groups excluding carboxylic acids is 1. The lowest BCUT2D eigenvalue weighted by Gasteiger charge is -2.34. The van der Waals surface area contributed by atoms with Crippen molar-refractivity contribution >= 4 is 42.7 Å². The molecule has 4 rings (SSSR count). The average molecular weight is 519 g/mol. The normalized spacial score (nSPS) is 17.8. The van der Waals surface area contributed by atoms with Crippen LogP contribution in [0.15, 0.2) is 62.8 Å². The van der Waals surface area contributed by atoms with Gasteiger partial charge in [-0.25, -0.2) is 13.2 Å². The summed E-state index contributed by atoms with van der Waals surface area (Å²) < 4.78 is 34.1. The first kappa shape index (κ1) is 22.7. The first-order chi connectivity index (χ1) is 15.3. The molecule has 0 amide bonds. The fourth-order valence-electron chi connectivity index (χ4n) is 4.18. The van der Waals surface area contributed by atoms with Gasteiger partial charge in [0.2, 0.25) is 0 Å². The van der Waals surface area contributed by atoms with Gasteiger partial charge in [0.15, 0.2) is 5.03 Å². The number of aromatic nitrogens is 1. The minimum absolute atomic E-state index is 0.134. The van der Waals surface area contributed by atoms with Gasteiger partial charge in [0.05, 0.1) is 11.6 Å². The molecule has 1 atom stereocenters. The number of pyridine rings is 1. The van der Waals surface area contributed by atoms with Gasteiger partial charge in [-0.05, 0) is 56.7 Å². The SMILES string of the molecule is CCCN1CC(C(=O)OC)n2c(cc(Cc3cccc4ccccc34)c(Br)c2=O)S1(=O)=O. The van der Waals surface area contributed by atoms with Crippen molar-refractivity contribution in [1.82, 2.24) is 8.87 Å². The topological polar surface area (TPSA) is 85.7 Å². The molecule has 0 bridgehead atoms. The van der Waals surface area contributed by atoms with Crippen molar-refractivity contribution in [1.29, 1.82) is 0 Å². The molecule has 0 saturated carbocycles. The van der Waals surface area contributed by atoms with Crippen molar-refractivity contribution in [2.75, 3.05) is 20.2 Å². The maximum atomic E-state index is 13.3. The number of benzene rings is 2. The second kappa shape index (κ2) is 8.80. The number of esters is 1. The number of rotatable bonds is 5. The average Bonchev–Trinajstić information content (AvgIpc) is 2.79. The maximum absolute atomic E-state index is 13.3. The Morgan fingerprint density at radius 2 is 1.88 bits per heavy atom. The molecule has 1 aliphatic rings. The molecule has 168 valence electrons. The first-order valence-electron chi connectivity index (χ1n) is 10.3. The Bertz CT molecular complexity index is 1360. The van der Waals surface area contributed by atoms with E-state index in [1.54, 1.807) is 0 Å². The maximum Gasteiger partial charge on any atom is 0.330 e. The summed E-state index contributed by atoms with van der Waals surface area (Å²) in [5, 5.41) is 1.90. The van der Waals surface area contributed by atoms with Gasteiger partial charge in [0.25, 0.3) is 15.6 Å². The van der Waals surface area contributed by atoms with Crippen LogP contribution in [0, 0.1) is 0 Å². The van der Waals surface area contributed by atoms with Gasteiger partial charge in [0, 0.05) is 13.1 Å². The molecule has 0 saturated heterocycles. The van der Waals surface area contributed by atoms with E-state index in [9.17, 15) is 18.0 Å². The summed E-state index contributed by atoms with van der Waals surface area (Å²) in [7, 11) is -2.72. The summed E-state index contributed by atoms with van der Waals surface area (Å²) >= 11 is 3.37. The lowest BCUT2D eigenvalue weighted by atomic mass is 9.99. The highest BCUT2D eigenvalue weighted by Gasteiger charge is 2.41. The fraction of sp³-hybridized carbons (Fsp3) is 0.304. The molecule has 2 aromatic carbocycles. The number of fused-ring (bicyclic) bond motifs is 2. The Morgan fingerprint density at radius 1 is 1.16 bits per heavy atom. The van der Waals surface area contributed by atoms with E-state index in [0.29, 0.717) is 18.4 Å². The van der Waals surface area contributed by atoms with E-state index in [1.165, 1.54) is 17.5 Å². The third-order valence-electron chi connectivity index (χ3n) is 5.72.